The Bertz CT molecular complexity index is 575. The van der Waals surface area contributed by atoms with Gasteiger partial charge in [-0.05, 0) is 69.8 Å². The van der Waals surface area contributed by atoms with E-state index in [1.54, 1.807) is 0 Å². The fourth-order valence-electron chi connectivity index (χ4n) is 3.39. The van der Waals surface area contributed by atoms with Crippen molar-refractivity contribution in [2.75, 3.05) is 19.7 Å². The van der Waals surface area contributed by atoms with Gasteiger partial charge in [-0.1, -0.05) is 15.9 Å². The molecule has 0 radical (unpaired) electrons. The van der Waals surface area contributed by atoms with Gasteiger partial charge < -0.3 is 15.0 Å². The van der Waals surface area contributed by atoms with Crippen LogP contribution < -0.4 is 10.1 Å². The van der Waals surface area contributed by atoms with Crippen molar-refractivity contribution in [1.29, 1.82) is 0 Å². The third-order valence-corrected chi connectivity index (χ3v) is 5.39. The summed E-state index contributed by atoms with van der Waals surface area (Å²) >= 11 is 3.54. The van der Waals surface area contributed by atoms with Crippen molar-refractivity contribution in [2.45, 2.75) is 51.6 Å². The summed E-state index contributed by atoms with van der Waals surface area (Å²) in [7, 11) is 0. The number of hydrogen-bond donors (Lipinski definition) is 1. The number of hydrogen-bond acceptors (Lipinski definition) is 3. The Balaban J connectivity index is 0.00000225. The van der Waals surface area contributed by atoms with E-state index in [2.05, 4.69) is 32.2 Å². The number of carbonyl (C=O) groups excluding carboxylic acids is 1. The Morgan fingerprint density at radius 2 is 2.16 bits per heavy atom. The molecule has 1 N–H and O–H groups in total. The largest absolute Gasteiger partial charge is 0.494 e. The smallest absolute Gasteiger partial charge is 0.223 e. The van der Waals surface area contributed by atoms with E-state index in [9.17, 15) is 4.79 Å². The Morgan fingerprint density at radius 3 is 2.80 bits per heavy atom. The number of nitrogens with zero attached hydrogens (tertiary/aromatic N) is 1. The zero-order valence-electron chi connectivity index (χ0n) is 14.8. The Labute approximate surface area is 165 Å². The van der Waals surface area contributed by atoms with Crippen molar-refractivity contribution >= 4 is 34.2 Å². The number of nitrogens with one attached hydrogen (secondary N) is 1. The Kier molecular flexibility index (Phi) is 8.04. The molecule has 140 valence electrons. The molecule has 1 aromatic rings. The van der Waals surface area contributed by atoms with Gasteiger partial charge in [0.2, 0.25) is 5.91 Å². The summed E-state index contributed by atoms with van der Waals surface area (Å²) in [5, 5.41) is 3.38. The van der Waals surface area contributed by atoms with E-state index in [0.717, 1.165) is 48.1 Å². The molecule has 4 nitrogen and oxygen atoms in total. The second kappa shape index (κ2) is 9.79. The first-order valence-corrected chi connectivity index (χ1v) is 9.88. The molecule has 1 atom stereocenters. The van der Waals surface area contributed by atoms with Gasteiger partial charge in [-0.15, -0.1) is 12.4 Å². The quantitative estimate of drug-likeness (QED) is 0.672. The highest BCUT2D eigenvalue weighted by atomic mass is 79.9. The van der Waals surface area contributed by atoms with E-state index in [0.29, 0.717) is 37.4 Å². The first-order valence-electron chi connectivity index (χ1n) is 9.08. The second-order valence-corrected chi connectivity index (χ2v) is 7.75. The van der Waals surface area contributed by atoms with Gasteiger partial charge in [0.05, 0.1) is 6.61 Å². The number of halogens is 2. The molecule has 1 amide bonds. The lowest BCUT2D eigenvalue weighted by Crippen LogP contribution is -2.33. The lowest BCUT2D eigenvalue weighted by molar-refractivity contribution is -0.132. The molecular formula is C19H28BrClN2O2. The third-order valence-electron chi connectivity index (χ3n) is 4.90. The monoisotopic (exact) mass is 430 g/mol. The highest BCUT2D eigenvalue weighted by Gasteiger charge is 2.33. The fourth-order valence-corrected chi connectivity index (χ4v) is 3.80. The van der Waals surface area contributed by atoms with Crippen LogP contribution in [0.15, 0.2) is 22.7 Å². The zero-order chi connectivity index (χ0) is 16.9. The van der Waals surface area contributed by atoms with Crippen LogP contribution in [-0.2, 0) is 11.3 Å². The van der Waals surface area contributed by atoms with Gasteiger partial charge in [-0.2, -0.15) is 0 Å². The van der Waals surface area contributed by atoms with Crippen molar-refractivity contribution in [3.05, 3.63) is 28.2 Å². The molecule has 1 aliphatic heterocycles. The zero-order valence-corrected chi connectivity index (χ0v) is 17.2. The standard InChI is InChI=1S/C19H27BrN2O2.ClH/c1-2-24-18-7-4-16(20)11-15(18)13-22(17-5-6-17)19(23)8-3-14-9-10-21-12-14;/h4,7,11,14,17,21H,2-3,5-6,8-10,12-13H2,1H3;1H. The highest BCUT2D eigenvalue weighted by molar-refractivity contribution is 9.10. The Hall–Kier alpha value is -0.780. The molecule has 25 heavy (non-hydrogen) atoms. The van der Waals surface area contributed by atoms with Crippen LogP contribution in [0.5, 0.6) is 5.75 Å². The summed E-state index contributed by atoms with van der Waals surface area (Å²) in [6, 6.07) is 6.48. The van der Waals surface area contributed by atoms with Gasteiger partial charge >= 0.3 is 0 Å². The topological polar surface area (TPSA) is 41.6 Å². The predicted molar refractivity (Wildman–Crippen MR) is 106 cm³/mol. The fraction of sp³-hybridized carbons (Fsp3) is 0.632. The van der Waals surface area contributed by atoms with E-state index < -0.39 is 0 Å². The molecule has 3 rings (SSSR count). The molecule has 1 saturated carbocycles. The summed E-state index contributed by atoms with van der Waals surface area (Å²) in [6.45, 7) is 5.45. The summed E-state index contributed by atoms with van der Waals surface area (Å²) in [5.41, 5.74) is 1.09. The minimum absolute atomic E-state index is 0. The molecule has 1 unspecified atom stereocenters. The number of benzene rings is 1. The van der Waals surface area contributed by atoms with Crippen LogP contribution in [0.25, 0.3) is 0 Å². The van der Waals surface area contributed by atoms with Crippen LogP contribution in [0.3, 0.4) is 0 Å². The van der Waals surface area contributed by atoms with Crippen LogP contribution in [-0.4, -0.2) is 36.5 Å². The summed E-state index contributed by atoms with van der Waals surface area (Å²) in [5.74, 6) is 1.85. The summed E-state index contributed by atoms with van der Waals surface area (Å²) in [6.07, 6.45) is 5.15. The maximum absolute atomic E-state index is 12.8. The summed E-state index contributed by atoms with van der Waals surface area (Å²) in [4.78, 5) is 14.9. The van der Waals surface area contributed by atoms with Crippen molar-refractivity contribution in [3.8, 4) is 5.75 Å². The molecule has 0 spiro atoms. The van der Waals surface area contributed by atoms with Crippen LogP contribution in [0, 0.1) is 5.92 Å². The molecule has 1 saturated heterocycles. The van der Waals surface area contributed by atoms with Crippen LogP contribution in [0.1, 0.15) is 44.6 Å². The number of amides is 1. The maximum Gasteiger partial charge on any atom is 0.223 e. The Morgan fingerprint density at radius 1 is 1.36 bits per heavy atom. The third kappa shape index (κ3) is 5.87. The number of rotatable bonds is 8. The van der Waals surface area contributed by atoms with E-state index in [-0.39, 0.29) is 12.4 Å². The molecule has 2 aliphatic rings. The van der Waals surface area contributed by atoms with Gasteiger partial charge in [-0.3, -0.25) is 4.79 Å². The van der Waals surface area contributed by atoms with Crippen molar-refractivity contribution < 1.29 is 9.53 Å². The van der Waals surface area contributed by atoms with Crippen LogP contribution in [0.4, 0.5) is 0 Å². The second-order valence-electron chi connectivity index (χ2n) is 6.84. The maximum atomic E-state index is 12.8. The van der Waals surface area contributed by atoms with Crippen molar-refractivity contribution in [1.82, 2.24) is 10.2 Å². The molecule has 1 aromatic carbocycles. The molecule has 1 aliphatic carbocycles. The molecular weight excluding hydrogens is 404 g/mol. The van der Waals surface area contributed by atoms with E-state index in [1.165, 1.54) is 6.42 Å². The van der Waals surface area contributed by atoms with E-state index >= 15 is 0 Å². The first kappa shape index (κ1) is 20.5. The molecule has 0 aromatic heterocycles. The first-order chi connectivity index (χ1) is 11.7. The van der Waals surface area contributed by atoms with E-state index in [1.807, 2.05) is 19.1 Å². The minimum Gasteiger partial charge on any atom is -0.494 e. The number of ether oxygens (including phenoxy) is 1. The van der Waals surface area contributed by atoms with Gasteiger partial charge in [0.25, 0.3) is 0 Å². The lowest BCUT2D eigenvalue weighted by atomic mass is 10.0. The number of carbonyl (C=O) groups is 1. The van der Waals surface area contributed by atoms with Crippen LogP contribution >= 0.6 is 28.3 Å². The van der Waals surface area contributed by atoms with Gasteiger partial charge in [-0.25, -0.2) is 0 Å². The van der Waals surface area contributed by atoms with Crippen molar-refractivity contribution in [2.24, 2.45) is 5.92 Å². The average Bonchev–Trinajstić information content (AvgIpc) is 3.27. The lowest BCUT2D eigenvalue weighted by Gasteiger charge is -2.24. The highest BCUT2D eigenvalue weighted by Crippen LogP contribution is 2.32. The molecule has 2 fully saturated rings. The van der Waals surface area contributed by atoms with E-state index in [4.69, 9.17) is 4.74 Å². The SMILES string of the molecule is CCOc1ccc(Br)cc1CN(C(=O)CCC1CCNC1)C1CC1.Cl. The average molecular weight is 432 g/mol. The van der Waals surface area contributed by atoms with Gasteiger partial charge in [0, 0.05) is 29.0 Å². The molecule has 1 heterocycles. The molecule has 0 bridgehead atoms. The molecule has 6 heteroatoms. The van der Waals surface area contributed by atoms with Crippen LogP contribution in [0.2, 0.25) is 0 Å². The summed E-state index contributed by atoms with van der Waals surface area (Å²) < 4.78 is 6.78. The van der Waals surface area contributed by atoms with Crippen molar-refractivity contribution in [3.63, 3.8) is 0 Å². The normalized spacial score (nSPS) is 19.4. The van der Waals surface area contributed by atoms with Gasteiger partial charge in [0.1, 0.15) is 5.75 Å². The minimum atomic E-state index is 0. The van der Waals surface area contributed by atoms with Gasteiger partial charge in [0.15, 0.2) is 0 Å². The predicted octanol–water partition coefficient (Wildman–Crippen LogP) is 4.15.